The molecule has 0 aliphatic rings. The number of benzene rings is 9. The molecule has 2 aromatic heterocycles. The zero-order valence-corrected chi connectivity index (χ0v) is 29.8. The lowest BCUT2D eigenvalue weighted by atomic mass is 9.95. The van der Waals surface area contributed by atoms with E-state index >= 15 is 0 Å². The van der Waals surface area contributed by atoms with E-state index in [4.69, 9.17) is 8.83 Å². The Morgan fingerprint density at radius 1 is 0.309 bits per heavy atom. The molecule has 0 spiro atoms. The maximum atomic E-state index is 6.47. The zero-order chi connectivity index (χ0) is 36.3. The fourth-order valence-corrected chi connectivity index (χ4v) is 8.28. The van der Waals surface area contributed by atoms with Crippen LogP contribution < -0.4 is 4.90 Å². The number of hydrogen-bond acceptors (Lipinski definition) is 3. The lowest BCUT2D eigenvalue weighted by Crippen LogP contribution is -2.12. The van der Waals surface area contributed by atoms with E-state index in [2.05, 4.69) is 181 Å². The van der Waals surface area contributed by atoms with Gasteiger partial charge < -0.3 is 13.7 Å². The van der Waals surface area contributed by atoms with Crippen LogP contribution in [0.3, 0.4) is 0 Å². The van der Waals surface area contributed by atoms with Crippen molar-refractivity contribution in [2.24, 2.45) is 0 Å². The van der Waals surface area contributed by atoms with Gasteiger partial charge in [0.05, 0.1) is 16.8 Å². The third-order valence-corrected chi connectivity index (χ3v) is 10.9. The van der Waals surface area contributed by atoms with Crippen LogP contribution in [0, 0.1) is 0 Å². The van der Waals surface area contributed by atoms with Crippen molar-refractivity contribution in [2.75, 3.05) is 4.90 Å². The van der Waals surface area contributed by atoms with Crippen molar-refractivity contribution in [1.82, 2.24) is 0 Å². The summed E-state index contributed by atoms with van der Waals surface area (Å²) in [5.74, 6) is 0. The number of hydrogen-bond donors (Lipinski definition) is 0. The van der Waals surface area contributed by atoms with Gasteiger partial charge >= 0.3 is 0 Å². The van der Waals surface area contributed by atoms with Gasteiger partial charge in [0.25, 0.3) is 0 Å². The normalized spacial score (nSPS) is 11.6. The molecule has 0 saturated heterocycles. The summed E-state index contributed by atoms with van der Waals surface area (Å²) >= 11 is 0. The van der Waals surface area contributed by atoms with Crippen LogP contribution in [0.25, 0.3) is 88.0 Å². The molecular weight excluding hydrogens is 671 g/mol. The van der Waals surface area contributed by atoms with Gasteiger partial charge in [-0.25, -0.2) is 0 Å². The smallest absolute Gasteiger partial charge is 0.137 e. The van der Waals surface area contributed by atoms with E-state index in [1.807, 2.05) is 24.3 Å². The Labute approximate surface area is 317 Å². The minimum absolute atomic E-state index is 0.853. The predicted molar refractivity (Wildman–Crippen MR) is 229 cm³/mol. The van der Waals surface area contributed by atoms with Crippen molar-refractivity contribution in [1.29, 1.82) is 0 Å². The molecule has 55 heavy (non-hydrogen) atoms. The van der Waals surface area contributed by atoms with E-state index in [1.54, 1.807) is 0 Å². The van der Waals surface area contributed by atoms with Crippen molar-refractivity contribution in [2.45, 2.75) is 0 Å². The summed E-state index contributed by atoms with van der Waals surface area (Å²) in [6, 6.07) is 71.1. The molecule has 258 valence electrons. The first kappa shape index (κ1) is 31.2. The fourth-order valence-electron chi connectivity index (χ4n) is 8.28. The number of nitrogens with zero attached hydrogens (tertiary/aromatic N) is 1. The number of fused-ring (bicyclic) bond motifs is 7. The fraction of sp³-hybridized carbons (Fsp3) is 0. The van der Waals surface area contributed by atoms with Crippen LogP contribution in [-0.4, -0.2) is 0 Å². The van der Waals surface area contributed by atoms with E-state index < -0.39 is 0 Å². The summed E-state index contributed by atoms with van der Waals surface area (Å²) in [7, 11) is 0. The first-order valence-electron chi connectivity index (χ1n) is 18.7. The molecule has 0 N–H and O–H groups in total. The van der Waals surface area contributed by atoms with Gasteiger partial charge in [0.2, 0.25) is 0 Å². The Bertz CT molecular complexity index is 3210. The molecule has 0 atom stereocenters. The predicted octanol–water partition coefficient (Wildman–Crippen LogP) is 15.1. The molecule has 9 aromatic carbocycles. The number of furan rings is 2. The molecule has 0 radical (unpaired) electrons. The van der Waals surface area contributed by atoms with E-state index in [0.29, 0.717) is 0 Å². The number of para-hydroxylation sites is 2. The topological polar surface area (TPSA) is 29.5 Å². The third-order valence-electron chi connectivity index (χ3n) is 10.9. The van der Waals surface area contributed by atoms with Gasteiger partial charge in [-0.15, -0.1) is 0 Å². The van der Waals surface area contributed by atoms with Crippen molar-refractivity contribution < 1.29 is 8.83 Å². The maximum absolute atomic E-state index is 6.47. The molecule has 11 rings (SSSR count). The van der Waals surface area contributed by atoms with Crippen LogP contribution in [0.1, 0.15) is 0 Å². The second-order valence-electron chi connectivity index (χ2n) is 14.1. The highest BCUT2D eigenvalue weighted by atomic mass is 16.3. The molecule has 0 bridgehead atoms. The van der Waals surface area contributed by atoms with Gasteiger partial charge in [0, 0.05) is 27.4 Å². The van der Waals surface area contributed by atoms with Crippen LogP contribution in [0.4, 0.5) is 17.1 Å². The largest absolute Gasteiger partial charge is 0.456 e. The first-order chi connectivity index (χ1) is 27.3. The maximum Gasteiger partial charge on any atom is 0.137 e. The van der Waals surface area contributed by atoms with Crippen LogP contribution in [-0.2, 0) is 0 Å². The molecule has 3 nitrogen and oxygen atoms in total. The van der Waals surface area contributed by atoms with Crippen LogP contribution >= 0.6 is 0 Å². The minimum atomic E-state index is 0.853. The Morgan fingerprint density at radius 2 is 0.873 bits per heavy atom. The summed E-state index contributed by atoms with van der Waals surface area (Å²) in [5.41, 5.74) is 13.5. The Balaban J connectivity index is 1.16. The standard InChI is InChI=1S/C52H33NO2/c1-2-13-35(14-3-1)41-31-28-39(38-25-24-34-12-4-5-15-37(34)32-38)33-46(41)53(45-19-11-23-50-52(45)44-17-7-9-21-48(44)55-50)40-29-26-36(27-30-40)42-18-10-22-49-51(42)43-16-6-8-20-47(43)54-49/h1-33H. The second-order valence-corrected chi connectivity index (χ2v) is 14.1. The van der Waals surface area contributed by atoms with Gasteiger partial charge in [-0.05, 0) is 93.2 Å². The molecule has 3 heteroatoms. The van der Waals surface area contributed by atoms with E-state index in [0.717, 1.165) is 88.8 Å². The highest BCUT2D eigenvalue weighted by Gasteiger charge is 2.23. The molecule has 11 aromatic rings. The SMILES string of the molecule is c1ccc(-c2ccc(-c3ccc4ccccc4c3)cc2N(c2ccc(-c3cccc4oc5ccccc5c34)cc2)c2cccc3oc4ccccc4c23)cc1. The van der Waals surface area contributed by atoms with E-state index in [-0.39, 0.29) is 0 Å². The van der Waals surface area contributed by atoms with Crippen molar-refractivity contribution in [3.8, 4) is 33.4 Å². The third kappa shape index (κ3) is 5.20. The van der Waals surface area contributed by atoms with Crippen molar-refractivity contribution in [3.63, 3.8) is 0 Å². The monoisotopic (exact) mass is 703 g/mol. The Hall–Kier alpha value is -7.36. The van der Waals surface area contributed by atoms with Crippen LogP contribution in [0.15, 0.2) is 209 Å². The lowest BCUT2D eigenvalue weighted by molar-refractivity contribution is 0.668. The average molecular weight is 704 g/mol. The molecule has 0 unspecified atom stereocenters. The highest BCUT2D eigenvalue weighted by molar-refractivity contribution is 6.15. The minimum Gasteiger partial charge on any atom is -0.456 e. The zero-order valence-electron chi connectivity index (χ0n) is 29.8. The molecule has 0 amide bonds. The van der Waals surface area contributed by atoms with E-state index in [1.165, 1.54) is 16.3 Å². The van der Waals surface area contributed by atoms with Crippen molar-refractivity contribution >= 4 is 71.7 Å². The molecule has 0 saturated carbocycles. The summed E-state index contributed by atoms with van der Waals surface area (Å²) in [5, 5.41) is 6.86. The first-order valence-corrected chi connectivity index (χ1v) is 18.7. The highest BCUT2D eigenvalue weighted by Crippen LogP contribution is 2.48. The molecular formula is C52H33NO2. The number of rotatable bonds is 6. The quantitative estimate of drug-likeness (QED) is 0.173. The summed E-state index contributed by atoms with van der Waals surface area (Å²) in [4.78, 5) is 2.41. The molecule has 2 heterocycles. The van der Waals surface area contributed by atoms with Gasteiger partial charge in [0.1, 0.15) is 22.3 Å². The summed E-state index contributed by atoms with van der Waals surface area (Å²) < 4.78 is 12.7. The van der Waals surface area contributed by atoms with E-state index in [9.17, 15) is 0 Å². The Morgan fingerprint density at radius 3 is 1.65 bits per heavy atom. The molecule has 0 aliphatic heterocycles. The van der Waals surface area contributed by atoms with Crippen LogP contribution in [0.2, 0.25) is 0 Å². The summed E-state index contributed by atoms with van der Waals surface area (Å²) in [6.07, 6.45) is 0. The van der Waals surface area contributed by atoms with Crippen LogP contribution in [0.5, 0.6) is 0 Å². The van der Waals surface area contributed by atoms with Crippen molar-refractivity contribution in [3.05, 3.63) is 200 Å². The molecule has 0 aliphatic carbocycles. The number of anilines is 3. The lowest BCUT2D eigenvalue weighted by Gasteiger charge is -2.29. The average Bonchev–Trinajstić information content (AvgIpc) is 3.83. The van der Waals surface area contributed by atoms with Gasteiger partial charge in [-0.2, -0.15) is 0 Å². The van der Waals surface area contributed by atoms with Gasteiger partial charge in [-0.3, -0.25) is 0 Å². The Kier molecular flexibility index (Phi) is 7.17. The molecule has 0 fully saturated rings. The van der Waals surface area contributed by atoms with Gasteiger partial charge in [0.15, 0.2) is 0 Å². The second kappa shape index (κ2) is 12.6. The van der Waals surface area contributed by atoms with Gasteiger partial charge in [-0.1, -0.05) is 146 Å². The summed E-state index contributed by atoms with van der Waals surface area (Å²) in [6.45, 7) is 0.